The molecule has 0 radical (unpaired) electrons. The molecule has 0 unspecified atom stereocenters. The van der Waals surface area contributed by atoms with E-state index in [1.807, 2.05) is 0 Å². The zero-order valence-electron chi connectivity index (χ0n) is 7.98. The normalized spacial score (nSPS) is 11.9. The Hall–Kier alpha value is -1.76. The van der Waals surface area contributed by atoms with Crippen molar-refractivity contribution in [2.24, 2.45) is 16.2 Å². The molecule has 0 aliphatic rings. The Morgan fingerprint density at radius 2 is 2.12 bits per heavy atom. The number of benzene rings is 1. The molecule has 0 saturated carbocycles. The fraction of sp³-hybridized carbons (Fsp3) is 0. The standard InChI is InChI=1S/C7H9N4O4P/c8-16(9,15)7-3-6(11(13)14)2-1-5(7)4-10-12/h1-4,12H,(H4,8,9,15)/b10-4+. The van der Waals surface area contributed by atoms with E-state index in [-0.39, 0.29) is 16.6 Å². The first kappa shape index (κ1) is 12.3. The summed E-state index contributed by atoms with van der Waals surface area (Å²) in [5.41, 5.74) is 10.3. The van der Waals surface area contributed by atoms with Gasteiger partial charge in [0.25, 0.3) is 5.69 Å². The lowest BCUT2D eigenvalue weighted by molar-refractivity contribution is -0.384. The van der Waals surface area contributed by atoms with Crippen molar-refractivity contribution in [2.45, 2.75) is 0 Å². The average molecular weight is 244 g/mol. The van der Waals surface area contributed by atoms with Gasteiger partial charge < -0.3 is 5.21 Å². The minimum Gasteiger partial charge on any atom is -0.411 e. The lowest BCUT2D eigenvalue weighted by Crippen LogP contribution is -2.22. The smallest absolute Gasteiger partial charge is 0.270 e. The summed E-state index contributed by atoms with van der Waals surface area (Å²) in [6, 6.07) is 3.41. The Kier molecular flexibility index (Phi) is 3.38. The van der Waals surface area contributed by atoms with Gasteiger partial charge in [0.05, 0.1) is 16.4 Å². The summed E-state index contributed by atoms with van der Waals surface area (Å²) in [5, 5.41) is 21.5. The third kappa shape index (κ3) is 2.63. The molecule has 0 aliphatic heterocycles. The molecule has 16 heavy (non-hydrogen) atoms. The summed E-state index contributed by atoms with van der Waals surface area (Å²) in [6.07, 6.45) is 0.950. The molecule has 0 fully saturated rings. The minimum atomic E-state index is -3.66. The first-order valence-electron chi connectivity index (χ1n) is 4.00. The molecule has 0 spiro atoms. The van der Waals surface area contributed by atoms with E-state index in [1.165, 1.54) is 6.07 Å². The van der Waals surface area contributed by atoms with Gasteiger partial charge in [0.2, 0.25) is 7.44 Å². The summed E-state index contributed by atoms with van der Waals surface area (Å²) in [4.78, 5) is 9.83. The maximum Gasteiger partial charge on any atom is 0.270 e. The molecule has 0 heterocycles. The molecule has 5 N–H and O–H groups in total. The lowest BCUT2D eigenvalue weighted by atomic mass is 10.2. The van der Waals surface area contributed by atoms with Gasteiger partial charge in [0.15, 0.2) is 0 Å². The number of nitro groups is 1. The second-order valence-electron chi connectivity index (χ2n) is 2.95. The molecule has 0 atom stereocenters. The van der Waals surface area contributed by atoms with Crippen LogP contribution in [0.1, 0.15) is 5.56 Å². The zero-order chi connectivity index (χ0) is 12.3. The molecule has 0 aromatic heterocycles. The van der Waals surface area contributed by atoms with Gasteiger partial charge in [-0.1, -0.05) is 5.16 Å². The molecule has 86 valence electrons. The molecule has 1 rings (SSSR count). The first-order valence-corrected chi connectivity index (χ1v) is 5.84. The number of rotatable bonds is 3. The van der Waals surface area contributed by atoms with E-state index in [4.69, 9.17) is 16.2 Å². The summed E-state index contributed by atoms with van der Waals surface area (Å²) in [5.74, 6) is 0. The number of nitrogens with two attached hydrogens (primary N) is 2. The van der Waals surface area contributed by atoms with Gasteiger partial charge >= 0.3 is 0 Å². The molecule has 9 heteroatoms. The van der Waals surface area contributed by atoms with Crippen molar-refractivity contribution in [3.8, 4) is 0 Å². The van der Waals surface area contributed by atoms with Crippen molar-refractivity contribution in [1.29, 1.82) is 0 Å². The molecule has 0 aliphatic carbocycles. The lowest BCUT2D eigenvalue weighted by Gasteiger charge is -2.09. The average Bonchev–Trinajstić information content (AvgIpc) is 2.16. The Morgan fingerprint density at radius 3 is 2.56 bits per heavy atom. The van der Waals surface area contributed by atoms with Crippen LogP contribution in [0.2, 0.25) is 0 Å². The van der Waals surface area contributed by atoms with Gasteiger partial charge in [-0.05, 0) is 6.07 Å². The van der Waals surface area contributed by atoms with Crippen LogP contribution in [0.15, 0.2) is 23.4 Å². The zero-order valence-corrected chi connectivity index (χ0v) is 8.87. The van der Waals surface area contributed by atoms with Gasteiger partial charge in [0, 0.05) is 17.7 Å². The summed E-state index contributed by atoms with van der Waals surface area (Å²) in [6.45, 7) is 0. The maximum absolute atomic E-state index is 11.5. The number of hydrogen-bond donors (Lipinski definition) is 3. The molecule has 0 amide bonds. The Morgan fingerprint density at radius 1 is 1.50 bits per heavy atom. The number of nitrogens with zero attached hydrogens (tertiary/aromatic N) is 2. The Balaban J connectivity index is 3.44. The van der Waals surface area contributed by atoms with Crippen LogP contribution in [0.25, 0.3) is 0 Å². The van der Waals surface area contributed by atoms with Crippen LogP contribution < -0.4 is 16.3 Å². The molecule has 1 aromatic rings. The van der Waals surface area contributed by atoms with Crippen LogP contribution >= 0.6 is 7.44 Å². The SMILES string of the molecule is NP(N)(=O)c1cc([N+](=O)[O-])ccc1/C=N/O. The van der Waals surface area contributed by atoms with Gasteiger partial charge in [-0.3, -0.25) is 25.7 Å². The minimum absolute atomic E-state index is 0.112. The number of nitro benzene ring substituents is 1. The van der Waals surface area contributed by atoms with Crippen molar-refractivity contribution in [1.82, 2.24) is 0 Å². The quantitative estimate of drug-likeness (QED) is 0.226. The van der Waals surface area contributed by atoms with Crippen LogP contribution in [0.3, 0.4) is 0 Å². The first-order chi connectivity index (χ1) is 7.36. The molecule has 0 saturated heterocycles. The fourth-order valence-corrected chi connectivity index (χ4v) is 1.99. The van der Waals surface area contributed by atoms with Gasteiger partial charge in [-0.15, -0.1) is 0 Å². The van der Waals surface area contributed by atoms with Gasteiger partial charge in [-0.25, -0.2) is 0 Å². The van der Waals surface area contributed by atoms with E-state index in [9.17, 15) is 14.7 Å². The molecular formula is C7H9N4O4P. The van der Waals surface area contributed by atoms with Crippen molar-refractivity contribution < 1.29 is 14.7 Å². The van der Waals surface area contributed by atoms with Crippen LogP contribution in [-0.4, -0.2) is 16.3 Å². The second-order valence-corrected chi connectivity index (χ2v) is 4.85. The maximum atomic E-state index is 11.5. The highest BCUT2D eigenvalue weighted by molar-refractivity contribution is 7.67. The summed E-state index contributed by atoms with van der Waals surface area (Å²) < 4.78 is 11.5. The van der Waals surface area contributed by atoms with Gasteiger partial charge in [-0.2, -0.15) is 0 Å². The van der Waals surface area contributed by atoms with E-state index >= 15 is 0 Å². The van der Waals surface area contributed by atoms with E-state index in [0.717, 1.165) is 18.3 Å². The summed E-state index contributed by atoms with van der Waals surface area (Å²) >= 11 is 0. The number of hydrogen-bond acceptors (Lipinski definition) is 5. The fourth-order valence-electron chi connectivity index (χ4n) is 1.12. The van der Waals surface area contributed by atoms with E-state index < -0.39 is 12.4 Å². The number of non-ortho nitro benzene ring substituents is 1. The van der Waals surface area contributed by atoms with Gasteiger partial charge in [0.1, 0.15) is 0 Å². The highest BCUT2D eigenvalue weighted by Crippen LogP contribution is 2.27. The third-order valence-corrected chi connectivity index (χ3v) is 2.94. The highest BCUT2D eigenvalue weighted by Gasteiger charge is 2.20. The van der Waals surface area contributed by atoms with Crippen LogP contribution in [0, 0.1) is 10.1 Å². The monoisotopic (exact) mass is 244 g/mol. The Labute approximate surface area is 90.2 Å². The Bertz CT molecular complexity index is 495. The van der Waals surface area contributed by atoms with Crippen molar-refractivity contribution in [3.63, 3.8) is 0 Å². The largest absolute Gasteiger partial charge is 0.411 e. The van der Waals surface area contributed by atoms with E-state index in [0.29, 0.717) is 0 Å². The van der Waals surface area contributed by atoms with E-state index in [2.05, 4.69) is 5.16 Å². The third-order valence-electron chi connectivity index (χ3n) is 1.80. The van der Waals surface area contributed by atoms with Crippen molar-refractivity contribution >= 4 is 24.6 Å². The molecule has 1 aromatic carbocycles. The predicted molar refractivity (Wildman–Crippen MR) is 58.1 cm³/mol. The second kappa shape index (κ2) is 4.40. The van der Waals surface area contributed by atoms with Crippen LogP contribution in [-0.2, 0) is 4.57 Å². The highest BCUT2D eigenvalue weighted by atomic mass is 31.2. The topological polar surface area (TPSA) is 145 Å². The molecular weight excluding hydrogens is 235 g/mol. The number of oxime groups is 1. The molecule has 0 bridgehead atoms. The van der Waals surface area contributed by atoms with Crippen LogP contribution in [0.5, 0.6) is 0 Å². The van der Waals surface area contributed by atoms with Crippen molar-refractivity contribution in [2.75, 3.05) is 0 Å². The van der Waals surface area contributed by atoms with Crippen LogP contribution in [0.4, 0.5) is 5.69 Å². The van der Waals surface area contributed by atoms with E-state index in [1.54, 1.807) is 0 Å². The predicted octanol–water partition coefficient (Wildman–Crippen LogP) is 0.139. The van der Waals surface area contributed by atoms with Crippen molar-refractivity contribution in [3.05, 3.63) is 33.9 Å². The molecule has 8 nitrogen and oxygen atoms in total. The summed E-state index contributed by atoms with van der Waals surface area (Å²) in [7, 11) is -3.66.